The van der Waals surface area contributed by atoms with Crippen molar-refractivity contribution >= 4 is 15.9 Å². The Bertz CT molecular complexity index is 835. The lowest BCUT2D eigenvalue weighted by Crippen LogP contribution is -2.63. The van der Waals surface area contributed by atoms with Gasteiger partial charge in [-0.1, -0.05) is 12.8 Å². The zero-order valence-corrected chi connectivity index (χ0v) is 18.1. The summed E-state index contributed by atoms with van der Waals surface area (Å²) in [7, 11) is 0.102. The summed E-state index contributed by atoms with van der Waals surface area (Å²) in [4.78, 5) is 13.4. The van der Waals surface area contributed by atoms with Crippen LogP contribution in [0.1, 0.15) is 49.1 Å². The molecule has 0 radical (unpaired) electrons. The van der Waals surface area contributed by atoms with Gasteiger partial charge < -0.3 is 10.1 Å². The number of hydrogen-bond acceptors (Lipinski definition) is 5. The van der Waals surface area contributed by atoms with Crippen LogP contribution in [0.2, 0.25) is 0 Å². The number of nitrogens with zero attached hydrogens (tertiary/aromatic N) is 3. The predicted octanol–water partition coefficient (Wildman–Crippen LogP) is 1.26. The summed E-state index contributed by atoms with van der Waals surface area (Å²) in [6.07, 6.45) is 3.74. The normalized spacial score (nSPS) is 27.4. The van der Waals surface area contributed by atoms with Gasteiger partial charge in [-0.25, -0.2) is 8.42 Å². The van der Waals surface area contributed by atoms with Gasteiger partial charge in [-0.15, -0.1) is 0 Å². The maximum absolute atomic E-state index is 13.4. The first kappa shape index (κ1) is 21.3. The van der Waals surface area contributed by atoms with Crippen molar-refractivity contribution in [3.8, 4) is 0 Å². The van der Waals surface area contributed by atoms with Crippen molar-refractivity contribution in [2.75, 3.05) is 26.0 Å². The second kappa shape index (κ2) is 8.12. The molecule has 1 amide bonds. The van der Waals surface area contributed by atoms with E-state index in [0.29, 0.717) is 26.1 Å². The maximum Gasteiger partial charge on any atom is 0.228 e. The van der Waals surface area contributed by atoms with E-state index in [2.05, 4.69) is 10.4 Å². The Hall–Kier alpha value is -1.45. The molecule has 0 spiro atoms. The van der Waals surface area contributed by atoms with Crippen LogP contribution in [0.3, 0.4) is 0 Å². The molecule has 2 heterocycles. The van der Waals surface area contributed by atoms with Crippen molar-refractivity contribution in [1.82, 2.24) is 19.4 Å². The molecule has 28 heavy (non-hydrogen) atoms. The molecule has 8 nitrogen and oxygen atoms in total. The molecule has 1 aromatic heterocycles. The molecule has 2 aliphatic rings. The molecule has 0 aromatic carbocycles. The third kappa shape index (κ3) is 3.71. The highest BCUT2D eigenvalue weighted by atomic mass is 32.2. The van der Waals surface area contributed by atoms with Crippen LogP contribution >= 0.6 is 0 Å². The van der Waals surface area contributed by atoms with Gasteiger partial charge in [-0.3, -0.25) is 9.48 Å². The Morgan fingerprint density at radius 2 is 2.07 bits per heavy atom. The number of methoxy groups -OCH3 is 1. The fourth-order valence-electron chi connectivity index (χ4n) is 4.83. The average molecular weight is 413 g/mol. The van der Waals surface area contributed by atoms with E-state index < -0.39 is 15.4 Å². The van der Waals surface area contributed by atoms with E-state index in [0.717, 1.165) is 42.6 Å². The van der Waals surface area contributed by atoms with Gasteiger partial charge in [0.15, 0.2) is 0 Å². The Labute approximate surface area is 167 Å². The van der Waals surface area contributed by atoms with Crippen LogP contribution < -0.4 is 5.32 Å². The summed E-state index contributed by atoms with van der Waals surface area (Å²) in [5.41, 5.74) is 2.31. The SMILES string of the molecule is COCCN1[C@@H]2CCCC[C@@]2(C(=O)NCc2c(C)nn(C)c2C)CCS1(=O)=O. The largest absolute Gasteiger partial charge is 0.383 e. The lowest BCUT2D eigenvalue weighted by Gasteiger charge is -2.50. The molecule has 2 fully saturated rings. The zero-order chi connectivity index (χ0) is 20.5. The van der Waals surface area contributed by atoms with Crippen LogP contribution in [0.15, 0.2) is 0 Å². The first-order chi connectivity index (χ1) is 13.2. The molecule has 1 saturated carbocycles. The highest BCUT2D eigenvalue weighted by Gasteiger charge is 2.55. The molecule has 1 aromatic rings. The van der Waals surface area contributed by atoms with E-state index in [4.69, 9.17) is 4.74 Å². The first-order valence-corrected chi connectivity index (χ1v) is 11.6. The van der Waals surface area contributed by atoms with Crippen LogP contribution in [0.4, 0.5) is 0 Å². The molecule has 3 rings (SSSR count). The third-order valence-corrected chi connectivity index (χ3v) is 8.42. The minimum absolute atomic E-state index is 0.0194. The van der Waals surface area contributed by atoms with Gasteiger partial charge in [0.2, 0.25) is 15.9 Å². The number of carbonyl (C=O) groups excluding carboxylic acids is 1. The predicted molar refractivity (Wildman–Crippen MR) is 106 cm³/mol. The van der Waals surface area contributed by atoms with E-state index >= 15 is 0 Å². The van der Waals surface area contributed by atoms with E-state index in [1.165, 1.54) is 0 Å². The molecular weight excluding hydrogens is 380 g/mol. The van der Waals surface area contributed by atoms with Crippen molar-refractivity contribution in [3.63, 3.8) is 0 Å². The standard InChI is InChI=1S/C19H32N4O4S/c1-14-16(15(2)22(3)21-14)13-20-18(24)19-8-6-5-7-17(19)23(10-11-27-4)28(25,26)12-9-19/h17H,5-13H2,1-4H3,(H,20,24)/t17-,19-/m1/s1. The van der Waals surface area contributed by atoms with Gasteiger partial charge in [-0.05, 0) is 33.1 Å². The molecule has 2 atom stereocenters. The summed E-state index contributed by atoms with van der Waals surface area (Å²) in [5.74, 6) is -0.0110. The number of rotatable bonds is 6. The van der Waals surface area contributed by atoms with Crippen molar-refractivity contribution in [1.29, 1.82) is 0 Å². The highest BCUT2D eigenvalue weighted by Crippen LogP contribution is 2.46. The van der Waals surface area contributed by atoms with Crippen LogP contribution in [-0.2, 0) is 33.1 Å². The maximum atomic E-state index is 13.4. The number of amides is 1. The topological polar surface area (TPSA) is 93.5 Å². The second-order valence-electron chi connectivity index (χ2n) is 8.04. The second-order valence-corrected chi connectivity index (χ2v) is 10.1. The minimum Gasteiger partial charge on any atom is -0.383 e. The van der Waals surface area contributed by atoms with Crippen molar-refractivity contribution < 1.29 is 17.9 Å². The van der Waals surface area contributed by atoms with Gasteiger partial charge in [0, 0.05) is 44.5 Å². The monoisotopic (exact) mass is 412 g/mol. The van der Waals surface area contributed by atoms with E-state index in [1.807, 2.05) is 25.6 Å². The summed E-state index contributed by atoms with van der Waals surface area (Å²) in [6.45, 7) is 4.99. The van der Waals surface area contributed by atoms with Gasteiger partial charge in [0.1, 0.15) is 0 Å². The van der Waals surface area contributed by atoms with Crippen molar-refractivity contribution in [2.24, 2.45) is 12.5 Å². The number of fused-ring (bicyclic) bond motifs is 1. The minimum atomic E-state index is -3.36. The fraction of sp³-hybridized carbons (Fsp3) is 0.789. The smallest absolute Gasteiger partial charge is 0.228 e. The molecule has 1 N–H and O–H groups in total. The first-order valence-electron chi connectivity index (χ1n) is 9.99. The lowest BCUT2D eigenvalue weighted by atomic mass is 9.67. The van der Waals surface area contributed by atoms with Crippen LogP contribution in [0.5, 0.6) is 0 Å². The number of ether oxygens (including phenoxy) is 1. The summed E-state index contributed by atoms with van der Waals surface area (Å²) in [5, 5.41) is 7.52. The number of aromatic nitrogens is 2. The summed E-state index contributed by atoms with van der Waals surface area (Å²) in [6, 6.07) is -0.286. The van der Waals surface area contributed by atoms with Crippen LogP contribution in [0.25, 0.3) is 0 Å². The van der Waals surface area contributed by atoms with E-state index in [9.17, 15) is 13.2 Å². The number of carbonyl (C=O) groups is 1. The molecule has 1 saturated heterocycles. The Balaban J connectivity index is 1.83. The Morgan fingerprint density at radius 3 is 2.71 bits per heavy atom. The van der Waals surface area contributed by atoms with Crippen molar-refractivity contribution in [2.45, 2.75) is 58.5 Å². The van der Waals surface area contributed by atoms with Gasteiger partial charge in [0.25, 0.3) is 0 Å². The van der Waals surface area contributed by atoms with Crippen molar-refractivity contribution in [3.05, 3.63) is 17.0 Å². The molecule has 1 aliphatic carbocycles. The number of aryl methyl sites for hydroxylation is 2. The van der Waals surface area contributed by atoms with Crippen LogP contribution in [-0.4, -0.2) is 60.5 Å². The number of nitrogens with one attached hydrogen (secondary N) is 1. The highest BCUT2D eigenvalue weighted by molar-refractivity contribution is 7.89. The molecular formula is C19H32N4O4S. The zero-order valence-electron chi connectivity index (χ0n) is 17.3. The van der Waals surface area contributed by atoms with E-state index in [1.54, 1.807) is 11.4 Å². The average Bonchev–Trinajstić information content (AvgIpc) is 2.90. The quantitative estimate of drug-likeness (QED) is 0.759. The summed E-state index contributed by atoms with van der Waals surface area (Å²) < 4.78 is 33.9. The van der Waals surface area contributed by atoms with Gasteiger partial charge in [0.05, 0.1) is 23.5 Å². The van der Waals surface area contributed by atoms with Gasteiger partial charge >= 0.3 is 0 Å². The Kier molecular flexibility index (Phi) is 6.17. The molecule has 1 aliphatic heterocycles. The fourth-order valence-corrected chi connectivity index (χ4v) is 6.73. The molecule has 0 unspecified atom stereocenters. The molecule has 9 heteroatoms. The van der Waals surface area contributed by atoms with E-state index in [-0.39, 0.29) is 17.7 Å². The Morgan fingerprint density at radius 1 is 1.32 bits per heavy atom. The number of sulfonamides is 1. The van der Waals surface area contributed by atoms with Gasteiger partial charge in [-0.2, -0.15) is 9.40 Å². The molecule has 0 bridgehead atoms. The van der Waals surface area contributed by atoms with Crippen LogP contribution in [0, 0.1) is 19.3 Å². The summed E-state index contributed by atoms with van der Waals surface area (Å²) >= 11 is 0. The lowest BCUT2D eigenvalue weighted by molar-refractivity contribution is -0.137. The molecule has 158 valence electrons. The third-order valence-electron chi connectivity index (χ3n) is 6.55. The number of hydrogen-bond donors (Lipinski definition) is 1.